The van der Waals surface area contributed by atoms with Crippen LogP contribution in [-0.2, 0) is 9.59 Å². The van der Waals surface area contributed by atoms with Gasteiger partial charge >= 0.3 is 5.97 Å². The zero-order valence-electron chi connectivity index (χ0n) is 10.3. The minimum absolute atomic E-state index is 0.114. The highest BCUT2D eigenvalue weighted by Crippen LogP contribution is 2.16. The van der Waals surface area contributed by atoms with Gasteiger partial charge < -0.3 is 15.2 Å². The highest BCUT2D eigenvalue weighted by molar-refractivity contribution is 5.75. The number of hydrogen-bond acceptors (Lipinski definition) is 4. The molecule has 1 aromatic rings. The molecular weight excluding hydrogens is 236 g/mol. The second-order valence-electron chi connectivity index (χ2n) is 3.82. The number of carbonyl (C=O) groups excluding carboxylic acids is 1. The van der Waals surface area contributed by atoms with Crippen LogP contribution in [0.4, 0.5) is 0 Å². The molecular formula is C12H16N2O4. The smallest absolute Gasteiger partial charge is 0.310 e. The van der Waals surface area contributed by atoms with Crippen molar-refractivity contribution < 1.29 is 19.4 Å². The molecule has 1 unspecified atom stereocenters. The third kappa shape index (κ3) is 4.40. The molecule has 0 radical (unpaired) electrons. The highest BCUT2D eigenvalue weighted by atomic mass is 16.5. The van der Waals surface area contributed by atoms with Gasteiger partial charge in [-0.25, -0.2) is 4.98 Å². The molecule has 0 saturated carbocycles. The maximum absolute atomic E-state index is 10.8. The molecule has 0 aliphatic rings. The third-order valence-electron chi connectivity index (χ3n) is 2.36. The Kier molecular flexibility index (Phi) is 5.10. The van der Waals surface area contributed by atoms with Crippen LogP contribution < -0.4 is 10.1 Å². The predicted molar refractivity (Wildman–Crippen MR) is 64.5 cm³/mol. The lowest BCUT2D eigenvalue weighted by Gasteiger charge is -2.08. The number of rotatable bonds is 6. The normalized spacial score (nSPS) is 11.7. The first-order valence-electron chi connectivity index (χ1n) is 5.56. The van der Waals surface area contributed by atoms with Crippen LogP contribution in [0.2, 0.25) is 0 Å². The number of carboxylic acids is 1. The number of pyridine rings is 1. The van der Waals surface area contributed by atoms with Crippen LogP contribution in [0.25, 0.3) is 0 Å². The summed E-state index contributed by atoms with van der Waals surface area (Å²) in [7, 11) is 0. The van der Waals surface area contributed by atoms with E-state index in [1.54, 1.807) is 19.1 Å². The van der Waals surface area contributed by atoms with Gasteiger partial charge in [0, 0.05) is 19.2 Å². The fourth-order valence-electron chi connectivity index (χ4n) is 1.26. The van der Waals surface area contributed by atoms with E-state index < -0.39 is 11.9 Å². The molecule has 18 heavy (non-hydrogen) atoms. The van der Waals surface area contributed by atoms with Gasteiger partial charge in [0.05, 0.1) is 12.5 Å². The molecule has 0 fully saturated rings. The molecule has 0 spiro atoms. The van der Waals surface area contributed by atoms with E-state index in [1.807, 2.05) is 0 Å². The summed E-state index contributed by atoms with van der Waals surface area (Å²) >= 11 is 0. The van der Waals surface area contributed by atoms with Crippen molar-refractivity contribution in [2.45, 2.75) is 19.8 Å². The standard InChI is InChI=1S/C12H16N2O4/c1-8(12(16)17)10-3-4-11(14-7-10)18-6-5-13-9(2)15/h3-4,7-8H,5-6H2,1-2H3,(H,13,15)(H,16,17). The van der Waals surface area contributed by atoms with Crippen molar-refractivity contribution in [1.29, 1.82) is 0 Å². The zero-order valence-corrected chi connectivity index (χ0v) is 10.3. The lowest BCUT2D eigenvalue weighted by Crippen LogP contribution is -2.25. The van der Waals surface area contributed by atoms with Gasteiger partial charge in [0.1, 0.15) is 6.61 Å². The minimum atomic E-state index is -0.892. The van der Waals surface area contributed by atoms with E-state index in [0.29, 0.717) is 24.6 Å². The molecule has 0 aromatic carbocycles. The van der Waals surface area contributed by atoms with Crippen molar-refractivity contribution in [2.24, 2.45) is 0 Å². The first kappa shape index (κ1) is 14.0. The summed E-state index contributed by atoms with van der Waals surface area (Å²) in [6.45, 7) is 3.75. The summed E-state index contributed by atoms with van der Waals surface area (Å²) in [5, 5.41) is 11.4. The van der Waals surface area contributed by atoms with Crippen molar-refractivity contribution in [3.05, 3.63) is 23.9 Å². The first-order chi connectivity index (χ1) is 8.50. The number of nitrogens with zero attached hydrogens (tertiary/aromatic N) is 1. The molecule has 0 saturated heterocycles. The van der Waals surface area contributed by atoms with Crippen molar-refractivity contribution >= 4 is 11.9 Å². The second kappa shape index (κ2) is 6.58. The summed E-state index contributed by atoms with van der Waals surface area (Å²) in [6, 6.07) is 3.28. The summed E-state index contributed by atoms with van der Waals surface area (Å²) in [5.74, 6) is -1.19. The Morgan fingerprint density at radius 2 is 2.22 bits per heavy atom. The second-order valence-corrected chi connectivity index (χ2v) is 3.82. The van der Waals surface area contributed by atoms with Gasteiger partial charge in [0.2, 0.25) is 11.8 Å². The quantitative estimate of drug-likeness (QED) is 0.730. The van der Waals surface area contributed by atoms with Gasteiger partial charge in [0.15, 0.2) is 0 Å². The van der Waals surface area contributed by atoms with Crippen LogP contribution in [0.3, 0.4) is 0 Å². The third-order valence-corrected chi connectivity index (χ3v) is 2.36. The van der Waals surface area contributed by atoms with Crippen molar-refractivity contribution in [2.75, 3.05) is 13.2 Å². The largest absolute Gasteiger partial charge is 0.481 e. The molecule has 2 N–H and O–H groups in total. The Hall–Kier alpha value is -2.11. The van der Waals surface area contributed by atoms with Crippen LogP contribution in [0.5, 0.6) is 5.88 Å². The molecule has 1 atom stereocenters. The van der Waals surface area contributed by atoms with Crippen LogP contribution in [-0.4, -0.2) is 35.1 Å². The Morgan fingerprint density at radius 3 is 2.72 bits per heavy atom. The van der Waals surface area contributed by atoms with Gasteiger partial charge in [-0.1, -0.05) is 6.07 Å². The molecule has 0 bridgehead atoms. The van der Waals surface area contributed by atoms with Crippen molar-refractivity contribution in [3.63, 3.8) is 0 Å². The van der Waals surface area contributed by atoms with E-state index in [-0.39, 0.29) is 5.91 Å². The molecule has 1 aromatic heterocycles. The SMILES string of the molecule is CC(=O)NCCOc1ccc(C(C)C(=O)O)cn1. The Morgan fingerprint density at radius 1 is 1.50 bits per heavy atom. The summed E-state index contributed by atoms with van der Waals surface area (Å²) in [4.78, 5) is 25.4. The molecule has 6 heteroatoms. The number of nitrogens with one attached hydrogen (secondary N) is 1. The molecule has 1 amide bonds. The van der Waals surface area contributed by atoms with Crippen LogP contribution in [0.1, 0.15) is 25.3 Å². The lowest BCUT2D eigenvalue weighted by molar-refractivity contribution is -0.138. The van der Waals surface area contributed by atoms with E-state index in [0.717, 1.165) is 0 Å². The van der Waals surface area contributed by atoms with Gasteiger partial charge in [-0.2, -0.15) is 0 Å². The zero-order chi connectivity index (χ0) is 13.5. The maximum Gasteiger partial charge on any atom is 0.310 e. The fourth-order valence-corrected chi connectivity index (χ4v) is 1.26. The first-order valence-corrected chi connectivity index (χ1v) is 5.56. The van der Waals surface area contributed by atoms with Crippen LogP contribution >= 0.6 is 0 Å². The number of ether oxygens (including phenoxy) is 1. The van der Waals surface area contributed by atoms with Gasteiger partial charge in [-0.05, 0) is 12.5 Å². The van der Waals surface area contributed by atoms with Crippen LogP contribution in [0.15, 0.2) is 18.3 Å². The number of carboxylic acid groups (broad SMARTS) is 1. The van der Waals surface area contributed by atoms with E-state index in [4.69, 9.17) is 9.84 Å². The predicted octanol–water partition coefficient (Wildman–Crippen LogP) is 0.785. The number of amides is 1. The fraction of sp³-hybridized carbons (Fsp3) is 0.417. The molecule has 1 heterocycles. The summed E-state index contributed by atoms with van der Waals surface area (Å²) in [5.41, 5.74) is 0.622. The Bertz CT molecular complexity index is 417. The monoisotopic (exact) mass is 252 g/mol. The Labute approximate surface area is 105 Å². The number of hydrogen-bond donors (Lipinski definition) is 2. The van der Waals surface area contributed by atoms with Crippen LogP contribution in [0, 0.1) is 0 Å². The number of aromatic nitrogens is 1. The Balaban J connectivity index is 2.45. The molecule has 0 aliphatic carbocycles. The average molecular weight is 252 g/mol. The maximum atomic E-state index is 10.8. The highest BCUT2D eigenvalue weighted by Gasteiger charge is 2.13. The van der Waals surface area contributed by atoms with Gasteiger partial charge in [-0.15, -0.1) is 0 Å². The number of carbonyl (C=O) groups is 2. The number of aliphatic carboxylic acids is 1. The van der Waals surface area contributed by atoms with Gasteiger partial charge in [-0.3, -0.25) is 9.59 Å². The summed E-state index contributed by atoms with van der Waals surface area (Å²) < 4.78 is 5.28. The topological polar surface area (TPSA) is 88.5 Å². The molecule has 0 aliphatic heterocycles. The molecule has 1 rings (SSSR count). The van der Waals surface area contributed by atoms with Gasteiger partial charge in [0.25, 0.3) is 0 Å². The minimum Gasteiger partial charge on any atom is -0.481 e. The summed E-state index contributed by atoms with van der Waals surface area (Å²) in [6.07, 6.45) is 1.48. The van der Waals surface area contributed by atoms with E-state index >= 15 is 0 Å². The molecule has 6 nitrogen and oxygen atoms in total. The van der Waals surface area contributed by atoms with E-state index in [1.165, 1.54) is 13.1 Å². The van der Waals surface area contributed by atoms with Crippen molar-refractivity contribution in [1.82, 2.24) is 10.3 Å². The van der Waals surface area contributed by atoms with E-state index in [2.05, 4.69) is 10.3 Å². The average Bonchev–Trinajstić information content (AvgIpc) is 2.34. The van der Waals surface area contributed by atoms with E-state index in [9.17, 15) is 9.59 Å². The lowest BCUT2D eigenvalue weighted by atomic mass is 10.0. The molecule has 98 valence electrons. The van der Waals surface area contributed by atoms with Crippen molar-refractivity contribution in [3.8, 4) is 5.88 Å².